The summed E-state index contributed by atoms with van der Waals surface area (Å²) >= 11 is 1.74. The molecule has 0 amide bonds. The lowest BCUT2D eigenvalue weighted by Gasteiger charge is -2.16. The van der Waals surface area contributed by atoms with E-state index >= 15 is 0 Å². The van der Waals surface area contributed by atoms with Gasteiger partial charge in [0.15, 0.2) is 5.17 Å². The number of ether oxygens (including phenoxy) is 1. The molecule has 2 heterocycles. The zero-order chi connectivity index (χ0) is 14.8. The molecule has 0 saturated carbocycles. The molecule has 0 radical (unpaired) electrons. The normalized spacial score (nSPS) is 25.9. The fourth-order valence-electron chi connectivity index (χ4n) is 3.27. The van der Waals surface area contributed by atoms with Gasteiger partial charge in [0.2, 0.25) is 0 Å². The summed E-state index contributed by atoms with van der Waals surface area (Å²) in [5.41, 5.74) is 8.49. The van der Waals surface area contributed by atoms with Crippen LogP contribution < -0.4 is 5.43 Å². The van der Waals surface area contributed by atoms with Crippen LogP contribution >= 0.6 is 11.8 Å². The van der Waals surface area contributed by atoms with Crippen molar-refractivity contribution in [2.45, 2.75) is 38.2 Å². The van der Waals surface area contributed by atoms with Gasteiger partial charge in [0.1, 0.15) is 0 Å². The van der Waals surface area contributed by atoms with E-state index in [0.29, 0.717) is 6.10 Å². The molecule has 3 aliphatic rings. The lowest BCUT2D eigenvalue weighted by atomic mass is 10.0. The van der Waals surface area contributed by atoms with Gasteiger partial charge >= 0.3 is 0 Å². The fraction of sp³-hybridized carbons (Fsp3) is 0.529. The van der Waals surface area contributed by atoms with Gasteiger partial charge in [-0.05, 0) is 54.9 Å². The van der Waals surface area contributed by atoms with Crippen LogP contribution in [0.3, 0.4) is 0 Å². The molecule has 1 fully saturated rings. The molecule has 22 heavy (non-hydrogen) atoms. The van der Waals surface area contributed by atoms with Crippen molar-refractivity contribution >= 4 is 22.6 Å². The average Bonchev–Trinajstić information content (AvgIpc) is 3.24. The molecule has 0 spiro atoms. The number of thioether (sulfide) groups is 1. The van der Waals surface area contributed by atoms with Crippen LogP contribution in [0.25, 0.3) is 0 Å². The molecule has 1 saturated heterocycles. The molecule has 1 aromatic rings. The van der Waals surface area contributed by atoms with Gasteiger partial charge in [0.25, 0.3) is 0 Å². The Balaban J connectivity index is 1.41. The Kier molecular flexibility index (Phi) is 4.17. The number of amidine groups is 1. The van der Waals surface area contributed by atoms with Crippen molar-refractivity contribution in [3.8, 4) is 0 Å². The molecular formula is C17H21N3OS. The van der Waals surface area contributed by atoms with Crippen molar-refractivity contribution in [2.75, 3.05) is 18.9 Å². The number of aryl methyl sites for hydroxylation is 2. The first-order valence-electron chi connectivity index (χ1n) is 8.12. The maximum atomic E-state index is 5.60. The Morgan fingerprint density at radius 3 is 3.05 bits per heavy atom. The summed E-state index contributed by atoms with van der Waals surface area (Å²) in [6.45, 7) is 1.63. The minimum Gasteiger partial charge on any atom is -0.376 e. The van der Waals surface area contributed by atoms with E-state index in [0.717, 1.165) is 42.6 Å². The van der Waals surface area contributed by atoms with Crippen molar-refractivity contribution in [3.05, 3.63) is 34.9 Å². The summed E-state index contributed by atoms with van der Waals surface area (Å²) in [7, 11) is 0. The van der Waals surface area contributed by atoms with E-state index in [1.165, 1.54) is 36.0 Å². The van der Waals surface area contributed by atoms with Crippen molar-refractivity contribution < 1.29 is 4.74 Å². The summed E-state index contributed by atoms with van der Waals surface area (Å²) in [6, 6.07) is 6.80. The molecule has 1 aliphatic carbocycles. The Bertz CT molecular complexity index is 620. The van der Waals surface area contributed by atoms with E-state index in [1.807, 2.05) is 0 Å². The first-order valence-corrected chi connectivity index (χ1v) is 9.11. The van der Waals surface area contributed by atoms with Gasteiger partial charge in [-0.15, -0.1) is 0 Å². The third kappa shape index (κ3) is 3.06. The SMILES string of the molecule is c1cc2c(cc1C1=NNC(=NC[C@H]3CCCO3)SC1)CCC2. The van der Waals surface area contributed by atoms with Crippen LogP contribution in [0.2, 0.25) is 0 Å². The van der Waals surface area contributed by atoms with Crippen molar-refractivity contribution in [1.82, 2.24) is 5.43 Å². The van der Waals surface area contributed by atoms with Gasteiger partial charge in [-0.2, -0.15) is 5.10 Å². The van der Waals surface area contributed by atoms with Crippen LogP contribution in [0.1, 0.15) is 36.0 Å². The summed E-state index contributed by atoms with van der Waals surface area (Å²) in [5.74, 6) is 0.885. The third-order valence-corrected chi connectivity index (χ3v) is 5.44. The Morgan fingerprint density at radius 2 is 2.23 bits per heavy atom. The second kappa shape index (κ2) is 6.42. The summed E-state index contributed by atoms with van der Waals surface area (Å²) in [6.07, 6.45) is 6.33. The molecule has 2 aliphatic heterocycles. The number of benzene rings is 1. The monoisotopic (exact) mass is 315 g/mol. The second-order valence-electron chi connectivity index (χ2n) is 6.08. The number of nitrogens with one attached hydrogen (secondary N) is 1. The largest absolute Gasteiger partial charge is 0.376 e. The van der Waals surface area contributed by atoms with Crippen molar-refractivity contribution in [1.29, 1.82) is 0 Å². The Hall–Kier alpha value is -1.33. The molecule has 0 bridgehead atoms. The topological polar surface area (TPSA) is 46.0 Å². The first kappa shape index (κ1) is 14.3. The predicted molar refractivity (Wildman–Crippen MR) is 91.9 cm³/mol. The number of hydrogen-bond donors (Lipinski definition) is 1. The molecule has 116 valence electrons. The maximum Gasteiger partial charge on any atom is 0.177 e. The van der Waals surface area contributed by atoms with Crippen LogP contribution in [0.4, 0.5) is 0 Å². The van der Waals surface area contributed by atoms with Crippen molar-refractivity contribution in [2.24, 2.45) is 10.1 Å². The van der Waals surface area contributed by atoms with Crippen LogP contribution in [0.15, 0.2) is 28.3 Å². The maximum absolute atomic E-state index is 5.60. The third-order valence-electron chi connectivity index (χ3n) is 4.53. The molecule has 1 aromatic carbocycles. The molecule has 0 aromatic heterocycles. The minimum absolute atomic E-state index is 0.303. The van der Waals surface area contributed by atoms with Gasteiger partial charge in [0.05, 0.1) is 18.4 Å². The van der Waals surface area contributed by atoms with E-state index in [-0.39, 0.29) is 0 Å². The number of fused-ring (bicyclic) bond motifs is 1. The lowest BCUT2D eigenvalue weighted by Crippen LogP contribution is -2.26. The number of rotatable bonds is 3. The minimum atomic E-state index is 0.303. The Morgan fingerprint density at radius 1 is 1.27 bits per heavy atom. The quantitative estimate of drug-likeness (QED) is 0.933. The highest BCUT2D eigenvalue weighted by Gasteiger charge is 2.18. The predicted octanol–water partition coefficient (Wildman–Crippen LogP) is 2.75. The van der Waals surface area contributed by atoms with Gasteiger partial charge in [0, 0.05) is 12.4 Å². The fourth-order valence-corrected chi connectivity index (χ4v) is 4.05. The summed E-state index contributed by atoms with van der Waals surface area (Å²) in [4.78, 5) is 4.59. The molecule has 1 N–H and O–H groups in total. The van der Waals surface area contributed by atoms with Gasteiger partial charge < -0.3 is 4.74 Å². The van der Waals surface area contributed by atoms with Crippen LogP contribution in [0, 0.1) is 0 Å². The van der Waals surface area contributed by atoms with Gasteiger partial charge in [-0.1, -0.05) is 23.9 Å². The molecule has 4 nitrogen and oxygen atoms in total. The lowest BCUT2D eigenvalue weighted by molar-refractivity contribution is 0.118. The average molecular weight is 315 g/mol. The Labute approximate surface area is 135 Å². The highest BCUT2D eigenvalue weighted by atomic mass is 32.2. The van der Waals surface area contributed by atoms with E-state index in [1.54, 1.807) is 11.8 Å². The highest BCUT2D eigenvalue weighted by molar-refractivity contribution is 8.14. The van der Waals surface area contributed by atoms with E-state index in [4.69, 9.17) is 4.74 Å². The number of aliphatic imine (C=N–C) groups is 1. The number of hydrazone groups is 1. The van der Waals surface area contributed by atoms with Gasteiger partial charge in [-0.3, -0.25) is 10.4 Å². The van der Waals surface area contributed by atoms with Crippen LogP contribution in [-0.4, -0.2) is 35.9 Å². The molecule has 5 heteroatoms. The second-order valence-corrected chi connectivity index (χ2v) is 7.04. The molecule has 4 rings (SSSR count). The standard InChI is InChI=1S/C17H21N3OS/c1-3-12-6-7-14(9-13(12)4-1)16-11-22-17(20-19-16)18-10-15-5-2-8-21-15/h6-7,9,15H,1-5,8,10-11H2,(H,18,20)/t15-/m1/s1. The number of hydrogen-bond acceptors (Lipinski definition) is 4. The van der Waals surface area contributed by atoms with Crippen molar-refractivity contribution in [3.63, 3.8) is 0 Å². The molecule has 0 unspecified atom stereocenters. The van der Waals surface area contributed by atoms with E-state index in [2.05, 4.69) is 33.7 Å². The molecular weight excluding hydrogens is 294 g/mol. The van der Waals surface area contributed by atoms with Crippen LogP contribution in [0.5, 0.6) is 0 Å². The molecule has 1 atom stereocenters. The zero-order valence-electron chi connectivity index (χ0n) is 12.7. The van der Waals surface area contributed by atoms with E-state index < -0.39 is 0 Å². The zero-order valence-corrected chi connectivity index (χ0v) is 13.5. The van der Waals surface area contributed by atoms with Gasteiger partial charge in [-0.25, -0.2) is 0 Å². The van der Waals surface area contributed by atoms with Crippen LogP contribution in [-0.2, 0) is 17.6 Å². The first-order chi connectivity index (χ1) is 10.9. The van der Waals surface area contributed by atoms with E-state index in [9.17, 15) is 0 Å². The number of nitrogens with zero attached hydrogens (tertiary/aromatic N) is 2. The summed E-state index contributed by atoms with van der Waals surface area (Å²) in [5, 5.41) is 5.44. The highest BCUT2D eigenvalue weighted by Crippen LogP contribution is 2.24. The summed E-state index contributed by atoms with van der Waals surface area (Å²) < 4.78 is 5.60. The smallest absolute Gasteiger partial charge is 0.177 e.